The summed E-state index contributed by atoms with van der Waals surface area (Å²) in [4.78, 5) is 2.28. The van der Waals surface area contributed by atoms with Crippen molar-refractivity contribution in [2.75, 3.05) is 26.2 Å². The Hall–Kier alpha value is -0.120. The van der Waals surface area contributed by atoms with E-state index < -0.39 is 0 Å². The van der Waals surface area contributed by atoms with E-state index in [9.17, 15) is 0 Å². The van der Waals surface area contributed by atoms with E-state index in [2.05, 4.69) is 18.7 Å². The summed E-state index contributed by atoms with van der Waals surface area (Å²) in [6, 6.07) is 0.299. The fourth-order valence-electron chi connectivity index (χ4n) is 2.08. The molecule has 3 heteroatoms. The molecule has 1 aliphatic rings. The van der Waals surface area contributed by atoms with Gasteiger partial charge in [0.1, 0.15) is 0 Å². The van der Waals surface area contributed by atoms with Crippen LogP contribution >= 0.6 is 0 Å². The molecule has 1 aliphatic heterocycles. The summed E-state index contributed by atoms with van der Waals surface area (Å²) in [5.41, 5.74) is 5.96. The molecule has 3 N–H and O–H groups in total. The first-order valence-corrected chi connectivity index (χ1v) is 5.22. The van der Waals surface area contributed by atoms with E-state index in [-0.39, 0.29) is 6.61 Å². The molecule has 0 amide bonds. The van der Waals surface area contributed by atoms with Crippen LogP contribution in [0.2, 0.25) is 0 Å². The summed E-state index contributed by atoms with van der Waals surface area (Å²) in [5.74, 6) is 1.41. The van der Waals surface area contributed by atoms with E-state index in [0.717, 1.165) is 26.1 Å². The molecule has 1 fully saturated rings. The topological polar surface area (TPSA) is 49.5 Å². The minimum absolute atomic E-state index is 0.248. The van der Waals surface area contributed by atoms with Gasteiger partial charge in [0.05, 0.1) is 6.61 Å². The van der Waals surface area contributed by atoms with Crippen LogP contribution in [0.25, 0.3) is 0 Å². The van der Waals surface area contributed by atoms with Gasteiger partial charge in [0.15, 0.2) is 0 Å². The second kappa shape index (κ2) is 4.94. The standard InChI is InChI=1S/C10H22N2O/c1-8(2)9-5-10(11)7-12(6-9)3-4-13/h8-10,13H,3-7,11H2,1-2H3. The van der Waals surface area contributed by atoms with Gasteiger partial charge in [-0.25, -0.2) is 0 Å². The normalized spacial score (nSPS) is 31.2. The Labute approximate surface area is 80.9 Å². The molecule has 3 nitrogen and oxygen atoms in total. The van der Waals surface area contributed by atoms with Gasteiger partial charge in [0.2, 0.25) is 0 Å². The van der Waals surface area contributed by atoms with E-state index in [0.29, 0.717) is 17.9 Å². The molecule has 0 aromatic heterocycles. The van der Waals surface area contributed by atoms with Crippen molar-refractivity contribution < 1.29 is 5.11 Å². The summed E-state index contributed by atoms with van der Waals surface area (Å²) in [7, 11) is 0. The Morgan fingerprint density at radius 2 is 2.15 bits per heavy atom. The van der Waals surface area contributed by atoms with Gasteiger partial charge >= 0.3 is 0 Å². The number of likely N-dealkylation sites (tertiary alicyclic amines) is 1. The highest BCUT2D eigenvalue weighted by atomic mass is 16.3. The maximum Gasteiger partial charge on any atom is 0.0558 e. The fourth-order valence-corrected chi connectivity index (χ4v) is 2.08. The molecule has 0 bridgehead atoms. The second-order valence-electron chi connectivity index (χ2n) is 4.48. The average Bonchev–Trinajstić information content (AvgIpc) is 2.03. The highest BCUT2D eigenvalue weighted by molar-refractivity contribution is 4.82. The van der Waals surface area contributed by atoms with Crippen LogP contribution in [-0.2, 0) is 0 Å². The maximum atomic E-state index is 8.85. The summed E-state index contributed by atoms with van der Waals surface area (Å²) in [6.07, 6.45) is 1.14. The highest BCUT2D eigenvalue weighted by Crippen LogP contribution is 2.22. The van der Waals surface area contributed by atoms with Crippen molar-refractivity contribution in [2.45, 2.75) is 26.3 Å². The first kappa shape index (κ1) is 11.0. The van der Waals surface area contributed by atoms with Gasteiger partial charge in [-0.3, -0.25) is 4.90 Å². The molecule has 78 valence electrons. The first-order chi connectivity index (χ1) is 6.13. The van der Waals surface area contributed by atoms with Crippen molar-refractivity contribution in [1.82, 2.24) is 4.90 Å². The van der Waals surface area contributed by atoms with Crippen LogP contribution in [0.5, 0.6) is 0 Å². The Bertz CT molecular complexity index is 150. The molecule has 13 heavy (non-hydrogen) atoms. The van der Waals surface area contributed by atoms with Gasteiger partial charge in [-0.05, 0) is 18.3 Å². The summed E-state index contributed by atoms with van der Waals surface area (Å²) in [5, 5.41) is 8.85. The zero-order chi connectivity index (χ0) is 9.84. The molecule has 0 aliphatic carbocycles. The lowest BCUT2D eigenvalue weighted by Gasteiger charge is -2.37. The van der Waals surface area contributed by atoms with Crippen molar-refractivity contribution in [2.24, 2.45) is 17.6 Å². The third-order valence-electron chi connectivity index (χ3n) is 2.95. The Kier molecular flexibility index (Phi) is 4.16. The van der Waals surface area contributed by atoms with Crippen molar-refractivity contribution in [3.63, 3.8) is 0 Å². The van der Waals surface area contributed by atoms with Crippen LogP contribution in [0, 0.1) is 11.8 Å². The molecule has 1 heterocycles. The molecule has 2 unspecified atom stereocenters. The lowest BCUT2D eigenvalue weighted by Crippen LogP contribution is -2.48. The summed E-state index contributed by atoms with van der Waals surface area (Å²) >= 11 is 0. The minimum Gasteiger partial charge on any atom is -0.395 e. The number of aliphatic hydroxyl groups is 1. The summed E-state index contributed by atoms with van der Waals surface area (Å²) < 4.78 is 0. The number of aliphatic hydroxyl groups excluding tert-OH is 1. The van der Waals surface area contributed by atoms with E-state index in [1.807, 2.05) is 0 Å². The van der Waals surface area contributed by atoms with Crippen LogP contribution in [-0.4, -0.2) is 42.3 Å². The number of hydrogen-bond donors (Lipinski definition) is 2. The smallest absolute Gasteiger partial charge is 0.0558 e. The third-order valence-corrected chi connectivity index (χ3v) is 2.95. The number of nitrogens with zero attached hydrogens (tertiary/aromatic N) is 1. The SMILES string of the molecule is CC(C)C1CC(N)CN(CCO)C1. The van der Waals surface area contributed by atoms with Crippen LogP contribution in [0.1, 0.15) is 20.3 Å². The Morgan fingerprint density at radius 1 is 1.46 bits per heavy atom. The van der Waals surface area contributed by atoms with Crippen molar-refractivity contribution >= 4 is 0 Å². The molecule has 0 saturated carbocycles. The van der Waals surface area contributed by atoms with Crippen LogP contribution in [0.4, 0.5) is 0 Å². The Morgan fingerprint density at radius 3 is 2.69 bits per heavy atom. The molecule has 0 radical (unpaired) electrons. The van der Waals surface area contributed by atoms with E-state index >= 15 is 0 Å². The van der Waals surface area contributed by atoms with Crippen LogP contribution in [0.3, 0.4) is 0 Å². The number of piperidine rings is 1. The van der Waals surface area contributed by atoms with Gasteiger partial charge in [0.25, 0.3) is 0 Å². The van der Waals surface area contributed by atoms with Crippen molar-refractivity contribution in [1.29, 1.82) is 0 Å². The minimum atomic E-state index is 0.248. The van der Waals surface area contributed by atoms with Crippen molar-refractivity contribution in [3.8, 4) is 0 Å². The van der Waals surface area contributed by atoms with E-state index in [1.165, 1.54) is 0 Å². The second-order valence-corrected chi connectivity index (χ2v) is 4.48. The maximum absolute atomic E-state index is 8.85. The number of β-amino-alcohol motifs (C(OH)–C–C–N with tert-alkyl or cyclic N) is 1. The van der Waals surface area contributed by atoms with Gasteiger partial charge < -0.3 is 10.8 Å². The summed E-state index contributed by atoms with van der Waals surface area (Å²) in [6.45, 7) is 7.57. The zero-order valence-corrected chi connectivity index (χ0v) is 8.74. The highest BCUT2D eigenvalue weighted by Gasteiger charge is 2.26. The largest absolute Gasteiger partial charge is 0.395 e. The lowest BCUT2D eigenvalue weighted by molar-refractivity contribution is 0.108. The Balaban J connectivity index is 2.42. The van der Waals surface area contributed by atoms with Gasteiger partial charge in [-0.15, -0.1) is 0 Å². The molecule has 0 spiro atoms. The molecular formula is C10H22N2O. The van der Waals surface area contributed by atoms with Crippen molar-refractivity contribution in [3.05, 3.63) is 0 Å². The first-order valence-electron chi connectivity index (χ1n) is 5.22. The van der Waals surface area contributed by atoms with Gasteiger partial charge in [-0.2, -0.15) is 0 Å². The molecular weight excluding hydrogens is 164 g/mol. The number of rotatable bonds is 3. The van der Waals surface area contributed by atoms with E-state index in [4.69, 9.17) is 10.8 Å². The predicted molar refractivity (Wildman–Crippen MR) is 54.4 cm³/mol. The van der Waals surface area contributed by atoms with Crippen LogP contribution in [0.15, 0.2) is 0 Å². The number of nitrogens with two attached hydrogens (primary N) is 1. The third kappa shape index (κ3) is 3.25. The zero-order valence-electron chi connectivity index (χ0n) is 8.74. The predicted octanol–water partition coefficient (Wildman–Crippen LogP) is 0.284. The van der Waals surface area contributed by atoms with Crippen LogP contribution < -0.4 is 5.73 Å². The fraction of sp³-hybridized carbons (Fsp3) is 1.00. The molecule has 0 aromatic rings. The monoisotopic (exact) mass is 186 g/mol. The lowest BCUT2D eigenvalue weighted by atomic mass is 9.86. The molecule has 1 rings (SSSR count). The molecule has 0 aromatic carbocycles. The quantitative estimate of drug-likeness (QED) is 0.666. The molecule has 1 saturated heterocycles. The molecule has 2 atom stereocenters. The van der Waals surface area contributed by atoms with Gasteiger partial charge in [-0.1, -0.05) is 13.8 Å². The van der Waals surface area contributed by atoms with E-state index in [1.54, 1.807) is 0 Å². The van der Waals surface area contributed by atoms with Gasteiger partial charge in [0, 0.05) is 25.7 Å². The average molecular weight is 186 g/mol. The number of hydrogen-bond acceptors (Lipinski definition) is 3.